The smallest absolute Gasteiger partial charge is 0.0701 e. The second-order valence-electron chi connectivity index (χ2n) is 5.05. The van der Waals surface area contributed by atoms with Crippen molar-refractivity contribution in [1.82, 2.24) is 5.32 Å². The average Bonchev–Trinajstić information content (AvgIpc) is 2.50. The fourth-order valence-corrected chi connectivity index (χ4v) is 2.04. The van der Waals surface area contributed by atoms with Crippen LogP contribution in [0, 0.1) is 6.92 Å². The maximum atomic E-state index is 5.72. The quantitative estimate of drug-likeness (QED) is 0.602. The summed E-state index contributed by atoms with van der Waals surface area (Å²) in [7, 11) is 1.70. The Morgan fingerprint density at radius 1 is 1.00 bits per heavy atom. The predicted octanol–water partition coefficient (Wildman–Crippen LogP) is 2.72. The van der Waals surface area contributed by atoms with E-state index in [1.165, 1.54) is 11.1 Å². The van der Waals surface area contributed by atoms with Gasteiger partial charge in [-0.3, -0.25) is 0 Å². The Bertz CT molecular complexity index is 354. The Hall–Kier alpha value is -0.940. The third-order valence-corrected chi connectivity index (χ3v) is 3.22. The standard InChI is InChI=1S/C17H29NO3/c1-4-18-17(16-8-6-15(2)7-9-16)14-21-13-12-20-11-5-10-19-3/h6-9,17-18H,4-5,10-14H2,1-3H3. The molecule has 0 fully saturated rings. The van der Waals surface area contributed by atoms with E-state index >= 15 is 0 Å². The largest absolute Gasteiger partial charge is 0.385 e. The molecule has 0 spiro atoms. The second-order valence-corrected chi connectivity index (χ2v) is 5.05. The van der Waals surface area contributed by atoms with E-state index in [0.29, 0.717) is 19.8 Å². The van der Waals surface area contributed by atoms with Crippen molar-refractivity contribution in [2.75, 3.05) is 46.7 Å². The highest BCUT2D eigenvalue weighted by molar-refractivity contribution is 5.24. The Morgan fingerprint density at radius 2 is 1.71 bits per heavy atom. The van der Waals surface area contributed by atoms with Crippen LogP contribution in [0.1, 0.15) is 30.5 Å². The van der Waals surface area contributed by atoms with E-state index in [0.717, 1.165) is 26.2 Å². The highest BCUT2D eigenvalue weighted by atomic mass is 16.5. The van der Waals surface area contributed by atoms with Crippen LogP contribution in [0.5, 0.6) is 0 Å². The van der Waals surface area contributed by atoms with Gasteiger partial charge in [0.1, 0.15) is 0 Å². The van der Waals surface area contributed by atoms with Crippen molar-refractivity contribution in [1.29, 1.82) is 0 Å². The fourth-order valence-electron chi connectivity index (χ4n) is 2.04. The zero-order chi connectivity index (χ0) is 15.3. The summed E-state index contributed by atoms with van der Waals surface area (Å²) in [6.07, 6.45) is 0.930. The summed E-state index contributed by atoms with van der Waals surface area (Å²) in [6, 6.07) is 8.83. The zero-order valence-electron chi connectivity index (χ0n) is 13.6. The molecule has 0 radical (unpaired) electrons. The van der Waals surface area contributed by atoms with Gasteiger partial charge in [0.05, 0.1) is 25.9 Å². The Morgan fingerprint density at radius 3 is 2.38 bits per heavy atom. The van der Waals surface area contributed by atoms with E-state index < -0.39 is 0 Å². The summed E-state index contributed by atoms with van der Waals surface area (Å²) in [6.45, 7) is 8.54. The van der Waals surface area contributed by atoms with Gasteiger partial charge in [-0.05, 0) is 25.5 Å². The maximum absolute atomic E-state index is 5.72. The van der Waals surface area contributed by atoms with Gasteiger partial charge in [-0.15, -0.1) is 0 Å². The van der Waals surface area contributed by atoms with Crippen LogP contribution in [-0.4, -0.2) is 46.7 Å². The summed E-state index contributed by atoms with van der Waals surface area (Å²) in [5.41, 5.74) is 2.54. The molecule has 0 bridgehead atoms. The Labute approximate surface area is 128 Å². The van der Waals surface area contributed by atoms with Crippen LogP contribution in [-0.2, 0) is 14.2 Å². The first-order valence-electron chi connectivity index (χ1n) is 7.72. The van der Waals surface area contributed by atoms with Gasteiger partial charge in [-0.1, -0.05) is 36.8 Å². The van der Waals surface area contributed by atoms with E-state index in [9.17, 15) is 0 Å². The minimum Gasteiger partial charge on any atom is -0.385 e. The van der Waals surface area contributed by atoms with Crippen molar-refractivity contribution < 1.29 is 14.2 Å². The third kappa shape index (κ3) is 8.17. The van der Waals surface area contributed by atoms with E-state index in [4.69, 9.17) is 14.2 Å². The monoisotopic (exact) mass is 295 g/mol. The lowest BCUT2D eigenvalue weighted by molar-refractivity contribution is 0.0325. The normalized spacial score (nSPS) is 12.5. The highest BCUT2D eigenvalue weighted by Gasteiger charge is 2.09. The third-order valence-electron chi connectivity index (χ3n) is 3.22. The van der Waals surface area contributed by atoms with Crippen LogP contribution in [0.4, 0.5) is 0 Å². The molecule has 21 heavy (non-hydrogen) atoms. The summed E-state index contributed by atoms with van der Waals surface area (Å²) < 4.78 is 16.2. The topological polar surface area (TPSA) is 39.7 Å². The van der Waals surface area contributed by atoms with Crippen LogP contribution in [0.2, 0.25) is 0 Å². The van der Waals surface area contributed by atoms with E-state index in [1.54, 1.807) is 7.11 Å². The highest BCUT2D eigenvalue weighted by Crippen LogP contribution is 2.14. The summed E-state index contributed by atoms with van der Waals surface area (Å²) in [5, 5.41) is 3.45. The molecule has 4 nitrogen and oxygen atoms in total. The number of methoxy groups -OCH3 is 1. The van der Waals surface area contributed by atoms with Crippen molar-refractivity contribution in [3.05, 3.63) is 35.4 Å². The summed E-state index contributed by atoms with van der Waals surface area (Å²) in [4.78, 5) is 0. The molecule has 4 heteroatoms. The van der Waals surface area contributed by atoms with Gasteiger partial charge in [-0.2, -0.15) is 0 Å². The molecule has 0 saturated heterocycles. The number of benzene rings is 1. The molecule has 1 aromatic rings. The molecule has 0 heterocycles. The lowest BCUT2D eigenvalue weighted by Crippen LogP contribution is -2.26. The van der Waals surface area contributed by atoms with Crippen LogP contribution >= 0.6 is 0 Å². The maximum Gasteiger partial charge on any atom is 0.0701 e. The molecule has 0 aliphatic rings. The van der Waals surface area contributed by atoms with Crippen LogP contribution in [0.15, 0.2) is 24.3 Å². The van der Waals surface area contributed by atoms with Gasteiger partial charge in [0.15, 0.2) is 0 Å². The molecule has 120 valence electrons. The van der Waals surface area contributed by atoms with Crippen LogP contribution in [0.25, 0.3) is 0 Å². The van der Waals surface area contributed by atoms with Crippen molar-refractivity contribution >= 4 is 0 Å². The average molecular weight is 295 g/mol. The molecule has 1 rings (SSSR count). The van der Waals surface area contributed by atoms with Crippen molar-refractivity contribution in [3.8, 4) is 0 Å². The fraction of sp³-hybridized carbons (Fsp3) is 0.647. The first-order valence-corrected chi connectivity index (χ1v) is 7.72. The number of ether oxygens (including phenoxy) is 3. The summed E-state index contributed by atoms with van der Waals surface area (Å²) >= 11 is 0. The van der Waals surface area contributed by atoms with Crippen molar-refractivity contribution in [3.63, 3.8) is 0 Å². The number of aryl methyl sites for hydroxylation is 1. The van der Waals surface area contributed by atoms with Gasteiger partial charge in [0, 0.05) is 20.3 Å². The molecule has 1 unspecified atom stereocenters. The molecule has 0 aliphatic heterocycles. The number of hydrogen-bond acceptors (Lipinski definition) is 4. The van der Waals surface area contributed by atoms with Gasteiger partial charge < -0.3 is 19.5 Å². The lowest BCUT2D eigenvalue weighted by atomic mass is 10.1. The molecule has 1 atom stereocenters. The molecule has 0 aromatic heterocycles. The van der Waals surface area contributed by atoms with E-state index in [-0.39, 0.29) is 6.04 Å². The molecule has 0 aliphatic carbocycles. The van der Waals surface area contributed by atoms with E-state index in [1.807, 2.05) is 0 Å². The molecule has 1 aromatic carbocycles. The Kier molecular flexibility index (Phi) is 10.1. The lowest BCUT2D eigenvalue weighted by Gasteiger charge is -2.18. The number of hydrogen-bond donors (Lipinski definition) is 1. The molecule has 0 amide bonds. The number of rotatable bonds is 12. The van der Waals surface area contributed by atoms with Crippen LogP contribution in [0.3, 0.4) is 0 Å². The van der Waals surface area contributed by atoms with Gasteiger partial charge >= 0.3 is 0 Å². The van der Waals surface area contributed by atoms with Crippen LogP contribution < -0.4 is 5.32 Å². The first kappa shape index (κ1) is 18.1. The van der Waals surface area contributed by atoms with Crippen molar-refractivity contribution in [2.24, 2.45) is 0 Å². The molecular formula is C17H29NO3. The van der Waals surface area contributed by atoms with Crippen molar-refractivity contribution in [2.45, 2.75) is 26.3 Å². The van der Waals surface area contributed by atoms with Gasteiger partial charge in [-0.25, -0.2) is 0 Å². The molecular weight excluding hydrogens is 266 g/mol. The second kappa shape index (κ2) is 11.7. The predicted molar refractivity (Wildman–Crippen MR) is 85.7 cm³/mol. The number of likely N-dealkylation sites (N-methyl/N-ethyl adjacent to an activating group) is 1. The summed E-state index contributed by atoms with van der Waals surface area (Å²) in [5.74, 6) is 0. The number of nitrogens with one attached hydrogen (secondary N) is 1. The molecule has 1 N–H and O–H groups in total. The minimum atomic E-state index is 0.240. The minimum absolute atomic E-state index is 0.240. The first-order chi connectivity index (χ1) is 10.3. The van der Waals surface area contributed by atoms with Gasteiger partial charge in [0.2, 0.25) is 0 Å². The zero-order valence-corrected chi connectivity index (χ0v) is 13.6. The SMILES string of the molecule is CCNC(COCCOCCCOC)c1ccc(C)cc1. The van der Waals surface area contributed by atoms with E-state index in [2.05, 4.69) is 43.4 Å². The molecule has 0 saturated carbocycles. The van der Waals surface area contributed by atoms with Gasteiger partial charge in [0.25, 0.3) is 0 Å². The Balaban J connectivity index is 2.21.